The van der Waals surface area contributed by atoms with E-state index in [4.69, 9.17) is 14.2 Å². The van der Waals surface area contributed by atoms with Gasteiger partial charge in [0.1, 0.15) is 6.61 Å². The van der Waals surface area contributed by atoms with Crippen LogP contribution in [0.1, 0.15) is 6.92 Å². The van der Waals surface area contributed by atoms with Crippen molar-refractivity contribution in [2.75, 3.05) is 26.3 Å². The number of likely N-dealkylation sites (N-methyl/N-ethyl adjacent to an activating group) is 1. The third-order valence-electron chi connectivity index (χ3n) is 4.14. The van der Waals surface area contributed by atoms with Crippen LogP contribution in [0.3, 0.4) is 0 Å². The average molecular weight is 372 g/mol. The summed E-state index contributed by atoms with van der Waals surface area (Å²) < 4.78 is 16.9. The van der Waals surface area contributed by atoms with Gasteiger partial charge in [-0.25, -0.2) is 0 Å². The van der Waals surface area contributed by atoms with Gasteiger partial charge in [0.05, 0.1) is 11.5 Å². The van der Waals surface area contributed by atoms with Crippen molar-refractivity contribution < 1.29 is 23.9 Å². The maximum atomic E-state index is 12.5. The summed E-state index contributed by atoms with van der Waals surface area (Å²) in [7, 11) is 0. The molecule has 27 heavy (non-hydrogen) atoms. The van der Waals surface area contributed by atoms with Gasteiger partial charge in [0.25, 0.3) is 5.91 Å². The van der Waals surface area contributed by atoms with Crippen LogP contribution in [0.2, 0.25) is 0 Å². The Morgan fingerprint density at radius 3 is 2.67 bits per heavy atom. The normalized spacial score (nSPS) is 15.1. The predicted molar refractivity (Wildman–Crippen MR) is 97.2 cm³/mol. The second kappa shape index (κ2) is 8.39. The molecule has 8 nitrogen and oxygen atoms in total. The minimum atomic E-state index is -0.540. The molecule has 1 atom stereocenters. The lowest BCUT2D eigenvalue weighted by Gasteiger charge is -2.30. The van der Waals surface area contributed by atoms with Crippen LogP contribution in [0.4, 0.5) is 5.69 Å². The van der Waals surface area contributed by atoms with Crippen molar-refractivity contribution in [2.45, 2.75) is 13.0 Å². The quantitative estimate of drug-likeness (QED) is 0.548. The van der Waals surface area contributed by atoms with Gasteiger partial charge in [0, 0.05) is 12.6 Å². The summed E-state index contributed by atoms with van der Waals surface area (Å²) in [5.74, 6) is 1.12. The molecule has 0 spiro atoms. The Morgan fingerprint density at radius 2 is 1.93 bits per heavy atom. The standard InChI is InChI=1S/C19H20N2O6/c1-2-20(11-14-12-25-17-9-5-6-10-18(17)27-14)19(22)13-26-16-8-4-3-7-15(16)21(23)24/h3-10,14H,2,11-13H2,1H3/t14-/m1/s1. The highest BCUT2D eigenvalue weighted by atomic mass is 16.6. The van der Waals surface area contributed by atoms with E-state index in [-0.39, 0.29) is 30.1 Å². The first-order valence-electron chi connectivity index (χ1n) is 8.61. The van der Waals surface area contributed by atoms with E-state index in [0.717, 1.165) is 0 Å². The van der Waals surface area contributed by atoms with E-state index in [2.05, 4.69) is 0 Å². The number of nitro benzene ring substituents is 1. The van der Waals surface area contributed by atoms with Crippen molar-refractivity contribution in [3.8, 4) is 17.2 Å². The average Bonchev–Trinajstić information content (AvgIpc) is 2.70. The largest absolute Gasteiger partial charge is 0.486 e. The van der Waals surface area contributed by atoms with Crippen molar-refractivity contribution >= 4 is 11.6 Å². The van der Waals surface area contributed by atoms with Crippen molar-refractivity contribution in [1.29, 1.82) is 0 Å². The van der Waals surface area contributed by atoms with E-state index in [1.165, 1.54) is 12.1 Å². The lowest BCUT2D eigenvalue weighted by Crippen LogP contribution is -2.45. The lowest BCUT2D eigenvalue weighted by atomic mass is 10.2. The molecule has 0 aromatic heterocycles. The van der Waals surface area contributed by atoms with Gasteiger partial charge in [-0.05, 0) is 25.1 Å². The number of amides is 1. The van der Waals surface area contributed by atoms with Crippen LogP contribution in [0.25, 0.3) is 0 Å². The maximum Gasteiger partial charge on any atom is 0.310 e. The highest BCUT2D eigenvalue weighted by Crippen LogP contribution is 2.31. The van der Waals surface area contributed by atoms with Gasteiger partial charge in [-0.15, -0.1) is 0 Å². The first-order chi connectivity index (χ1) is 13.1. The molecule has 0 fully saturated rings. The summed E-state index contributed by atoms with van der Waals surface area (Å²) in [4.78, 5) is 24.5. The predicted octanol–water partition coefficient (Wildman–Crippen LogP) is 2.66. The SMILES string of the molecule is CCN(C[C@@H]1COc2ccccc2O1)C(=O)COc1ccccc1[N+](=O)[O-]. The Labute approximate surface area is 156 Å². The van der Waals surface area contributed by atoms with E-state index in [0.29, 0.717) is 31.2 Å². The fourth-order valence-corrected chi connectivity index (χ4v) is 2.77. The molecule has 0 unspecified atom stereocenters. The molecule has 0 aliphatic carbocycles. The Bertz CT molecular complexity index is 825. The minimum absolute atomic E-state index is 0.0677. The monoisotopic (exact) mass is 372 g/mol. The van der Waals surface area contributed by atoms with E-state index >= 15 is 0 Å². The Morgan fingerprint density at radius 1 is 1.22 bits per heavy atom. The molecule has 8 heteroatoms. The number of nitro groups is 1. The van der Waals surface area contributed by atoms with Gasteiger partial charge < -0.3 is 19.1 Å². The number of fused-ring (bicyclic) bond motifs is 1. The van der Waals surface area contributed by atoms with Gasteiger partial charge in [-0.3, -0.25) is 14.9 Å². The molecule has 0 radical (unpaired) electrons. The molecule has 2 aromatic carbocycles. The molecule has 1 aliphatic rings. The van der Waals surface area contributed by atoms with E-state index in [1.54, 1.807) is 17.0 Å². The van der Waals surface area contributed by atoms with Crippen molar-refractivity contribution in [2.24, 2.45) is 0 Å². The van der Waals surface area contributed by atoms with Crippen molar-refractivity contribution in [1.82, 2.24) is 4.90 Å². The molecule has 1 heterocycles. The van der Waals surface area contributed by atoms with Crippen LogP contribution >= 0.6 is 0 Å². The number of hydrogen-bond acceptors (Lipinski definition) is 6. The first kappa shape index (κ1) is 18.5. The third-order valence-corrected chi connectivity index (χ3v) is 4.14. The van der Waals surface area contributed by atoms with E-state index in [9.17, 15) is 14.9 Å². The molecule has 2 aromatic rings. The molecule has 3 rings (SSSR count). The molecular weight excluding hydrogens is 352 g/mol. The van der Waals surface area contributed by atoms with Crippen molar-refractivity contribution in [3.05, 3.63) is 58.6 Å². The summed E-state index contributed by atoms with van der Waals surface area (Å²) in [6.45, 7) is 2.69. The van der Waals surface area contributed by atoms with Crippen LogP contribution in [-0.4, -0.2) is 48.1 Å². The summed E-state index contributed by atoms with van der Waals surface area (Å²) in [5.41, 5.74) is -0.172. The summed E-state index contributed by atoms with van der Waals surface area (Å²) in [5, 5.41) is 11.0. The summed E-state index contributed by atoms with van der Waals surface area (Å²) in [6.07, 6.45) is -0.296. The maximum absolute atomic E-state index is 12.5. The second-order valence-corrected chi connectivity index (χ2v) is 5.94. The first-order valence-corrected chi connectivity index (χ1v) is 8.61. The zero-order valence-electron chi connectivity index (χ0n) is 14.9. The molecule has 1 aliphatic heterocycles. The summed E-state index contributed by atoms with van der Waals surface area (Å²) in [6, 6.07) is 13.3. The molecule has 0 saturated carbocycles. The smallest absolute Gasteiger partial charge is 0.310 e. The van der Waals surface area contributed by atoms with Crippen LogP contribution in [0.15, 0.2) is 48.5 Å². The number of ether oxygens (including phenoxy) is 3. The van der Waals surface area contributed by atoms with E-state index < -0.39 is 4.92 Å². The molecule has 1 amide bonds. The number of hydrogen-bond donors (Lipinski definition) is 0. The van der Waals surface area contributed by atoms with Gasteiger partial charge in [-0.1, -0.05) is 24.3 Å². The Kier molecular flexibility index (Phi) is 5.75. The Balaban J connectivity index is 1.58. The topological polar surface area (TPSA) is 91.1 Å². The number of carbonyl (C=O) groups is 1. The summed E-state index contributed by atoms with van der Waals surface area (Å²) >= 11 is 0. The highest BCUT2D eigenvalue weighted by Gasteiger charge is 2.25. The van der Waals surface area contributed by atoms with Gasteiger partial charge >= 0.3 is 5.69 Å². The molecule has 0 N–H and O–H groups in total. The van der Waals surface area contributed by atoms with Crippen LogP contribution in [-0.2, 0) is 4.79 Å². The van der Waals surface area contributed by atoms with Crippen LogP contribution in [0, 0.1) is 10.1 Å². The van der Waals surface area contributed by atoms with Crippen LogP contribution < -0.4 is 14.2 Å². The number of benzene rings is 2. The molecular formula is C19H20N2O6. The third kappa shape index (κ3) is 4.46. The van der Waals surface area contributed by atoms with E-state index in [1.807, 2.05) is 31.2 Å². The number of carbonyl (C=O) groups excluding carboxylic acids is 1. The zero-order valence-corrected chi connectivity index (χ0v) is 14.9. The molecule has 0 saturated heterocycles. The second-order valence-electron chi connectivity index (χ2n) is 5.94. The molecule has 142 valence electrons. The molecule has 0 bridgehead atoms. The van der Waals surface area contributed by atoms with Gasteiger partial charge in [0.15, 0.2) is 30.0 Å². The number of para-hydroxylation sites is 4. The van der Waals surface area contributed by atoms with Gasteiger partial charge in [-0.2, -0.15) is 0 Å². The lowest BCUT2D eigenvalue weighted by molar-refractivity contribution is -0.385. The fourth-order valence-electron chi connectivity index (χ4n) is 2.77. The Hall–Kier alpha value is -3.29. The number of rotatable bonds is 7. The van der Waals surface area contributed by atoms with Crippen LogP contribution in [0.5, 0.6) is 17.2 Å². The van der Waals surface area contributed by atoms with Crippen molar-refractivity contribution in [3.63, 3.8) is 0 Å². The zero-order chi connectivity index (χ0) is 19.2. The number of nitrogens with zero attached hydrogens (tertiary/aromatic N) is 2. The minimum Gasteiger partial charge on any atom is -0.486 e. The highest BCUT2D eigenvalue weighted by molar-refractivity contribution is 5.78. The van der Waals surface area contributed by atoms with Gasteiger partial charge in [0.2, 0.25) is 0 Å². The fraction of sp³-hybridized carbons (Fsp3) is 0.316.